The number of ether oxygens (including phenoxy) is 2. The molecule has 0 bridgehead atoms. The molecule has 2 heterocycles. The number of nitrogens with two attached hydrogens (primary N) is 1. The van der Waals surface area contributed by atoms with Crippen LogP contribution in [-0.4, -0.2) is 48.3 Å². The fourth-order valence-electron chi connectivity index (χ4n) is 5.18. The molecule has 8 heteroatoms. The fraction of sp³-hybridized carbons (Fsp3) is 0.500. The van der Waals surface area contributed by atoms with Gasteiger partial charge in [0.1, 0.15) is 17.4 Å². The van der Waals surface area contributed by atoms with E-state index < -0.39 is 23.2 Å². The van der Waals surface area contributed by atoms with Gasteiger partial charge in [-0.25, -0.2) is 0 Å². The van der Waals surface area contributed by atoms with E-state index in [1.807, 2.05) is 24.0 Å². The molecule has 0 spiro atoms. The van der Waals surface area contributed by atoms with Crippen LogP contribution in [0.15, 0.2) is 48.5 Å². The van der Waals surface area contributed by atoms with E-state index in [9.17, 15) is 18.0 Å². The Balaban J connectivity index is 1.48. The summed E-state index contributed by atoms with van der Waals surface area (Å²) in [6, 6.07) is 13.1. The molecule has 2 fully saturated rings. The molecule has 2 N–H and O–H groups in total. The number of likely N-dealkylation sites (tertiary alicyclic amines) is 1. The Morgan fingerprint density at radius 2 is 2.00 bits per heavy atom. The van der Waals surface area contributed by atoms with Crippen LogP contribution in [-0.2, 0) is 15.7 Å². The zero-order chi connectivity index (χ0) is 24.5. The van der Waals surface area contributed by atoms with E-state index in [2.05, 4.69) is 19.1 Å². The number of benzene rings is 2. The number of rotatable bonds is 6. The standard InChI is InChI=1S/C26H31F3N2O3/c1-17-5-3-6-19(13-17)18(2)23-15-25(24(30)32,10-12-33-23)31-11-9-22(16-31)34-21-8-4-7-20(14-21)26(27,28)29/h3-8,13-14,18,22-23H,9-12,15-16H2,1-2H3,(H2,30,32)/t18-,22?,23?,25?/m0/s1. The minimum Gasteiger partial charge on any atom is -0.489 e. The SMILES string of the molecule is Cc1cccc([C@H](C)C2CC(C(N)=O)(N3CCC(Oc4cccc(C(F)(F)F)c4)C3)CCO2)c1. The average Bonchev–Trinajstić information content (AvgIpc) is 3.27. The van der Waals surface area contributed by atoms with E-state index in [0.29, 0.717) is 39.0 Å². The highest BCUT2D eigenvalue weighted by atomic mass is 19.4. The summed E-state index contributed by atoms with van der Waals surface area (Å²) in [5.74, 6) is -0.136. The molecule has 0 aromatic heterocycles. The lowest BCUT2D eigenvalue weighted by Gasteiger charge is -2.46. The van der Waals surface area contributed by atoms with Gasteiger partial charge in [0.15, 0.2) is 0 Å². The van der Waals surface area contributed by atoms with Crippen molar-refractivity contribution in [3.63, 3.8) is 0 Å². The van der Waals surface area contributed by atoms with Crippen molar-refractivity contribution < 1.29 is 27.4 Å². The van der Waals surface area contributed by atoms with Crippen molar-refractivity contribution in [3.8, 4) is 5.75 Å². The van der Waals surface area contributed by atoms with Crippen LogP contribution >= 0.6 is 0 Å². The number of aryl methyl sites for hydroxylation is 1. The quantitative estimate of drug-likeness (QED) is 0.658. The second-order valence-corrected chi connectivity index (χ2v) is 9.46. The van der Waals surface area contributed by atoms with Gasteiger partial charge in [-0.3, -0.25) is 9.69 Å². The first-order valence-corrected chi connectivity index (χ1v) is 11.7. The highest BCUT2D eigenvalue weighted by molar-refractivity contribution is 5.85. The molecule has 0 aliphatic carbocycles. The minimum absolute atomic E-state index is 0.0821. The van der Waals surface area contributed by atoms with E-state index >= 15 is 0 Å². The number of primary amides is 1. The van der Waals surface area contributed by atoms with E-state index in [4.69, 9.17) is 15.2 Å². The number of amides is 1. The third kappa shape index (κ3) is 5.08. The number of carbonyl (C=O) groups excluding carboxylic acids is 1. The summed E-state index contributed by atoms with van der Waals surface area (Å²) < 4.78 is 51.1. The van der Waals surface area contributed by atoms with Crippen molar-refractivity contribution in [2.45, 2.75) is 63.0 Å². The first-order valence-electron chi connectivity index (χ1n) is 11.7. The highest BCUT2D eigenvalue weighted by Crippen LogP contribution is 2.39. The molecule has 4 atom stereocenters. The molecule has 5 nitrogen and oxygen atoms in total. The molecule has 2 saturated heterocycles. The van der Waals surface area contributed by atoms with Gasteiger partial charge in [-0.1, -0.05) is 42.8 Å². The first kappa shape index (κ1) is 24.5. The minimum atomic E-state index is -4.43. The average molecular weight is 477 g/mol. The molecule has 2 aromatic carbocycles. The third-order valence-electron chi connectivity index (χ3n) is 7.19. The molecule has 34 heavy (non-hydrogen) atoms. The maximum atomic E-state index is 13.0. The molecular formula is C26H31F3N2O3. The zero-order valence-corrected chi connectivity index (χ0v) is 19.5. The van der Waals surface area contributed by atoms with Crippen LogP contribution in [0.25, 0.3) is 0 Å². The van der Waals surface area contributed by atoms with Gasteiger partial charge in [-0.2, -0.15) is 13.2 Å². The molecule has 1 amide bonds. The molecule has 2 aliphatic rings. The van der Waals surface area contributed by atoms with Crippen molar-refractivity contribution in [1.82, 2.24) is 4.90 Å². The number of hydrogen-bond acceptors (Lipinski definition) is 4. The molecule has 0 saturated carbocycles. The Hall–Kier alpha value is -2.58. The van der Waals surface area contributed by atoms with Crippen LogP contribution in [0, 0.1) is 6.92 Å². The summed E-state index contributed by atoms with van der Waals surface area (Å²) in [6.45, 7) is 5.56. The summed E-state index contributed by atoms with van der Waals surface area (Å²) >= 11 is 0. The van der Waals surface area contributed by atoms with Gasteiger partial charge >= 0.3 is 6.18 Å². The van der Waals surface area contributed by atoms with Crippen molar-refractivity contribution in [2.24, 2.45) is 5.73 Å². The topological polar surface area (TPSA) is 64.8 Å². The predicted octanol–water partition coefficient (Wildman–Crippen LogP) is 4.67. The Labute approximate surface area is 198 Å². The van der Waals surface area contributed by atoms with Gasteiger partial charge < -0.3 is 15.2 Å². The summed E-state index contributed by atoms with van der Waals surface area (Å²) in [6.07, 6.45) is -3.38. The molecule has 2 aromatic rings. The maximum absolute atomic E-state index is 13.0. The lowest BCUT2D eigenvalue weighted by molar-refractivity contribution is -0.142. The zero-order valence-electron chi connectivity index (χ0n) is 19.5. The molecular weight excluding hydrogens is 445 g/mol. The number of nitrogens with zero attached hydrogens (tertiary/aromatic N) is 1. The van der Waals surface area contributed by atoms with E-state index in [-0.39, 0.29) is 23.9 Å². The lowest BCUT2D eigenvalue weighted by Crippen LogP contribution is -2.61. The van der Waals surface area contributed by atoms with Crippen LogP contribution in [0.4, 0.5) is 13.2 Å². The van der Waals surface area contributed by atoms with Crippen molar-refractivity contribution in [1.29, 1.82) is 0 Å². The van der Waals surface area contributed by atoms with Crippen LogP contribution in [0.5, 0.6) is 5.75 Å². The second-order valence-electron chi connectivity index (χ2n) is 9.46. The third-order valence-corrected chi connectivity index (χ3v) is 7.19. The fourth-order valence-corrected chi connectivity index (χ4v) is 5.18. The Kier molecular flexibility index (Phi) is 6.92. The second kappa shape index (κ2) is 9.58. The number of halogens is 3. The Morgan fingerprint density at radius 3 is 2.71 bits per heavy atom. The van der Waals surface area contributed by atoms with Gasteiger partial charge in [-0.05, 0) is 43.5 Å². The van der Waals surface area contributed by atoms with Crippen LogP contribution in [0.1, 0.15) is 48.8 Å². The molecule has 3 unspecified atom stereocenters. The predicted molar refractivity (Wildman–Crippen MR) is 123 cm³/mol. The molecule has 184 valence electrons. The number of carbonyl (C=O) groups is 1. The van der Waals surface area contributed by atoms with Crippen molar-refractivity contribution >= 4 is 5.91 Å². The van der Waals surface area contributed by atoms with Crippen LogP contribution < -0.4 is 10.5 Å². The maximum Gasteiger partial charge on any atom is 0.416 e. The summed E-state index contributed by atoms with van der Waals surface area (Å²) in [5.41, 5.74) is 6.67. The van der Waals surface area contributed by atoms with E-state index in [0.717, 1.165) is 23.3 Å². The van der Waals surface area contributed by atoms with Gasteiger partial charge in [0.2, 0.25) is 5.91 Å². The molecule has 0 radical (unpaired) electrons. The number of alkyl halides is 3. The van der Waals surface area contributed by atoms with Crippen molar-refractivity contribution in [2.75, 3.05) is 19.7 Å². The van der Waals surface area contributed by atoms with Crippen LogP contribution in [0.2, 0.25) is 0 Å². The molecule has 2 aliphatic heterocycles. The largest absolute Gasteiger partial charge is 0.489 e. The van der Waals surface area contributed by atoms with Crippen molar-refractivity contribution in [3.05, 3.63) is 65.2 Å². The Bertz CT molecular complexity index is 1030. The van der Waals surface area contributed by atoms with E-state index in [1.165, 1.54) is 12.1 Å². The lowest BCUT2D eigenvalue weighted by atomic mass is 9.79. The Morgan fingerprint density at radius 1 is 1.24 bits per heavy atom. The van der Waals surface area contributed by atoms with Gasteiger partial charge in [0.25, 0.3) is 0 Å². The highest BCUT2D eigenvalue weighted by Gasteiger charge is 2.50. The normalized spacial score (nSPS) is 26.9. The van der Waals surface area contributed by atoms with Gasteiger partial charge in [-0.15, -0.1) is 0 Å². The first-order chi connectivity index (χ1) is 16.1. The van der Waals surface area contributed by atoms with E-state index in [1.54, 1.807) is 0 Å². The number of hydrogen-bond donors (Lipinski definition) is 1. The monoisotopic (exact) mass is 476 g/mol. The molecule has 4 rings (SSSR count). The summed E-state index contributed by atoms with van der Waals surface area (Å²) in [4.78, 5) is 14.8. The van der Waals surface area contributed by atoms with Crippen LogP contribution in [0.3, 0.4) is 0 Å². The summed E-state index contributed by atoms with van der Waals surface area (Å²) in [7, 11) is 0. The van der Waals surface area contributed by atoms with Gasteiger partial charge in [0.05, 0.1) is 11.7 Å². The smallest absolute Gasteiger partial charge is 0.416 e. The van der Waals surface area contributed by atoms with Gasteiger partial charge in [0, 0.05) is 32.0 Å². The summed E-state index contributed by atoms with van der Waals surface area (Å²) in [5, 5.41) is 0.